The maximum atomic E-state index is 14.3. The van der Waals surface area contributed by atoms with E-state index in [-0.39, 0.29) is 5.92 Å². The van der Waals surface area contributed by atoms with E-state index in [1.54, 1.807) is 24.3 Å². The predicted molar refractivity (Wildman–Crippen MR) is 66.9 cm³/mol. The summed E-state index contributed by atoms with van der Waals surface area (Å²) in [5, 5.41) is 0. The largest absolute Gasteiger partial charge is 0.298 e. The van der Waals surface area contributed by atoms with Gasteiger partial charge in [-0.3, -0.25) is 4.79 Å². The molecule has 1 aliphatic carbocycles. The van der Waals surface area contributed by atoms with Crippen LogP contribution >= 0.6 is 0 Å². The van der Waals surface area contributed by atoms with Gasteiger partial charge in [-0.1, -0.05) is 49.9 Å². The lowest BCUT2D eigenvalue weighted by Gasteiger charge is -2.19. The number of aldehydes is 1. The van der Waals surface area contributed by atoms with Crippen molar-refractivity contribution < 1.29 is 9.18 Å². The molecule has 1 atom stereocenters. The van der Waals surface area contributed by atoms with Crippen molar-refractivity contribution in [2.75, 3.05) is 0 Å². The van der Waals surface area contributed by atoms with E-state index < -0.39 is 6.17 Å². The lowest BCUT2D eigenvalue weighted by atomic mass is 9.90. The summed E-state index contributed by atoms with van der Waals surface area (Å²) in [6.07, 6.45) is 6.71. The molecule has 1 saturated carbocycles. The molecule has 1 aromatic carbocycles. The smallest absolute Gasteiger partial charge is 0.150 e. The third-order valence-electron chi connectivity index (χ3n) is 3.70. The Morgan fingerprint density at radius 3 is 2.18 bits per heavy atom. The van der Waals surface area contributed by atoms with Crippen molar-refractivity contribution in [2.45, 2.75) is 44.7 Å². The molecule has 17 heavy (non-hydrogen) atoms. The predicted octanol–water partition coefficient (Wildman–Crippen LogP) is 4.48. The Labute approximate surface area is 102 Å². The lowest BCUT2D eigenvalue weighted by molar-refractivity contribution is 0.112. The first-order valence-corrected chi connectivity index (χ1v) is 6.50. The van der Waals surface area contributed by atoms with Crippen molar-refractivity contribution in [2.24, 2.45) is 5.92 Å². The molecule has 2 rings (SSSR count). The van der Waals surface area contributed by atoms with E-state index in [2.05, 4.69) is 0 Å². The van der Waals surface area contributed by atoms with E-state index in [0.717, 1.165) is 37.5 Å². The Bertz CT molecular complexity index is 350. The normalized spacial score (nSPS) is 19.6. The van der Waals surface area contributed by atoms with Crippen molar-refractivity contribution in [3.8, 4) is 0 Å². The number of benzene rings is 1. The van der Waals surface area contributed by atoms with Gasteiger partial charge in [0.05, 0.1) is 0 Å². The van der Waals surface area contributed by atoms with E-state index in [9.17, 15) is 9.18 Å². The van der Waals surface area contributed by atoms with Gasteiger partial charge in [0.25, 0.3) is 0 Å². The van der Waals surface area contributed by atoms with Crippen LogP contribution in [0.5, 0.6) is 0 Å². The van der Waals surface area contributed by atoms with Gasteiger partial charge in [0.1, 0.15) is 12.5 Å². The molecule has 0 spiro atoms. The Hall–Kier alpha value is -1.18. The number of halogens is 1. The van der Waals surface area contributed by atoms with Crippen molar-refractivity contribution in [1.29, 1.82) is 0 Å². The van der Waals surface area contributed by atoms with Crippen LogP contribution in [0.1, 0.15) is 60.6 Å². The summed E-state index contributed by atoms with van der Waals surface area (Å²) in [4.78, 5) is 10.5. The third kappa shape index (κ3) is 3.15. The van der Waals surface area contributed by atoms with Crippen LogP contribution < -0.4 is 0 Å². The second kappa shape index (κ2) is 5.95. The maximum absolute atomic E-state index is 14.3. The number of rotatable bonds is 3. The van der Waals surface area contributed by atoms with Gasteiger partial charge in [0.2, 0.25) is 0 Å². The minimum atomic E-state index is -0.867. The van der Waals surface area contributed by atoms with Crippen molar-refractivity contribution in [3.63, 3.8) is 0 Å². The molecular formula is C15H19FO. The first kappa shape index (κ1) is 12.3. The van der Waals surface area contributed by atoms with Gasteiger partial charge in [-0.15, -0.1) is 0 Å². The second-order valence-corrected chi connectivity index (χ2v) is 4.94. The molecule has 1 aromatic rings. The molecule has 0 saturated heterocycles. The Kier molecular flexibility index (Phi) is 4.29. The fourth-order valence-corrected chi connectivity index (χ4v) is 2.63. The van der Waals surface area contributed by atoms with Gasteiger partial charge in [0.15, 0.2) is 0 Å². The van der Waals surface area contributed by atoms with E-state index in [4.69, 9.17) is 0 Å². The lowest BCUT2D eigenvalue weighted by Crippen LogP contribution is -2.08. The molecule has 0 amide bonds. The van der Waals surface area contributed by atoms with Crippen LogP contribution in [-0.4, -0.2) is 6.29 Å². The third-order valence-corrected chi connectivity index (χ3v) is 3.70. The number of carbonyl (C=O) groups excluding carboxylic acids is 1. The molecule has 1 nitrogen and oxygen atoms in total. The van der Waals surface area contributed by atoms with Crippen LogP contribution in [0.3, 0.4) is 0 Å². The highest BCUT2D eigenvalue weighted by Gasteiger charge is 2.23. The van der Waals surface area contributed by atoms with Crippen LogP contribution in [-0.2, 0) is 0 Å². The Morgan fingerprint density at radius 2 is 1.65 bits per heavy atom. The molecule has 1 aliphatic rings. The molecule has 92 valence electrons. The van der Waals surface area contributed by atoms with Crippen LogP contribution in [0.15, 0.2) is 24.3 Å². The van der Waals surface area contributed by atoms with Gasteiger partial charge in [-0.05, 0) is 24.3 Å². The molecule has 2 heteroatoms. The van der Waals surface area contributed by atoms with Crippen LogP contribution in [0.25, 0.3) is 0 Å². The minimum Gasteiger partial charge on any atom is -0.298 e. The average molecular weight is 234 g/mol. The number of hydrogen-bond acceptors (Lipinski definition) is 1. The summed E-state index contributed by atoms with van der Waals surface area (Å²) in [5.74, 6) is 0.166. The summed E-state index contributed by atoms with van der Waals surface area (Å²) in [6, 6.07) is 6.90. The highest BCUT2D eigenvalue weighted by atomic mass is 19.1. The van der Waals surface area contributed by atoms with E-state index in [1.807, 2.05) is 0 Å². The van der Waals surface area contributed by atoms with Gasteiger partial charge >= 0.3 is 0 Å². The quantitative estimate of drug-likeness (QED) is 0.556. The number of carbonyl (C=O) groups is 1. The first-order valence-electron chi connectivity index (χ1n) is 6.50. The van der Waals surface area contributed by atoms with Gasteiger partial charge in [-0.2, -0.15) is 0 Å². The summed E-state index contributed by atoms with van der Waals surface area (Å²) in [7, 11) is 0. The van der Waals surface area contributed by atoms with E-state index in [1.165, 1.54) is 12.8 Å². The Balaban J connectivity index is 2.06. The highest BCUT2D eigenvalue weighted by Crippen LogP contribution is 2.36. The van der Waals surface area contributed by atoms with E-state index >= 15 is 0 Å². The van der Waals surface area contributed by atoms with E-state index in [0.29, 0.717) is 5.56 Å². The zero-order valence-electron chi connectivity index (χ0n) is 10.1. The molecular weight excluding hydrogens is 215 g/mol. The molecule has 1 fully saturated rings. The molecule has 0 aromatic heterocycles. The minimum absolute atomic E-state index is 0.166. The summed E-state index contributed by atoms with van der Waals surface area (Å²) in [6.45, 7) is 0. The zero-order chi connectivity index (χ0) is 12.1. The molecule has 0 N–H and O–H groups in total. The fraction of sp³-hybridized carbons (Fsp3) is 0.533. The Morgan fingerprint density at radius 1 is 1.06 bits per heavy atom. The van der Waals surface area contributed by atoms with Crippen molar-refractivity contribution >= 4 is 6.29 Å². The highest BCUT2D eigenvalue weighted by molar-refractivity contribution is 5.74. The van der Waals surface area contributed by atoms with Gasteiger partial charge in [0, 0.05) is 5.56 Å². The fourth-order valence-electron chi connectivity index (χ4n) is 2.63. The van der Waals surface area contributed by atoms with Crippen LogP contribution in [0.2, 0.25) is 0 Å². The summed E-state index contributed by atoms with van der Waals surface area (Å²) < 4.78 is 14.3. The molecule has 0 heterocycles. The molecule has 0 bridgehead atoms. The second-order valence-electron chi connectivity index (χ2n) is 4.94. The van der Waals surface area contributed by atoms with Crippen molar-refractivity contribution in [3.05, 3.63) is 35.4 Å². The summed E-state index contributed by atoms with van der Waals surface area (Å²) >= 11 is 0. The molecule has 1 unspecified atom stereocenters. The average Bonchev–Trinajstić information content (AvgIpc) is 2.67. The van der Waals surface area contributed by atoms with Gasteiger partial charge in [-0.25, -0.2) is 4.39 Å². The topological polar surface area (TPSA) is 17.1 Å². The molecule has 0 radical (unpaired) electrons. The maximum Gasteiger partial charge on any atom is 0.150 e. The monoisotopic (exact) mass is 234 g/mol. The number of hydrogen-bond donors (Lipinski definition) is 0. The van der Waals surface area contributed by atoms with Crippen LogP contribution in [0.4, 0.5) is 4.39 Å². The summed E-state index contributed by atoms with van der Waals surface area (Å²) in [5.41, 5.74) is 1.34. The standard InChI is InChI=1S/C15H19FO/c16-15(13-5-3-1-2-4-6-13)14-9-7-12(11-17)8-10-14/h7-11,13,15H,1-6H2. The SMILES string of the molecule is O=Cc1ccc(C(F)C2CCCCCC2)cc1. The first-order chi connectivity index (χ1) is 8.31. The number of alkyl halides is 1. The molecule has 0 aliphatic heterocycles. The van der Waals surface area contributed by atoms with Crippen LogP contribution in [0, 0.1) is 5.92 Å². The van der Waals surface area contributed by atoms with Gasteiger partial charge < -0.3 is 0 Å². The van der Waals surface area contributed by atoms with Crippen molar-refractivity contribution in [1.82, 2.24) is 0 Å². The zero-order valence-corrected chi connectivity index (χ0v) is 10.1.